The maximum Gasteiger partial charge on any atom is 0.295 e. The fourth-order valence-electron chi connectivity index (χ4n) is 4.09. The second kappa shape index (κ2) is 11.2. The summed E-state index contributed by atoms with van der Waals surface area (Å²) in [6, 6.07) is 24.1. The largest absolute Gasteiger partial charge is 0.317 e. The van der Waals surface area contributed by atoms with Gasteiger partial charge in [0.05, 0.1) is 11.4 Å². The smallest absolute Gasteiger partial charge is 0.295 e. The molecular weight excluding hydrogens is 476 g/mol. The monoisotopic (exact) mass is 508 g/mol. The van der Waals surface area contributed by atoms with Gasteiger partial charge >= 0.3 is 0 Å². The molecule has 7 heteroatoms. The highest BCUT2D eigenvalue weighted by Crippen LogP contribution is 2.18. The molecule has 2 N–H and O–H groups in total. The summed E-state index contributed by atoms with van der Waals surface area (Å²) in [5.74, 6) is -0.647. The number of hydrogen-bond acceptors (Lipinski definition) is 3. The zero-order valence-corrected chi connectivity index (χ0v) is 22.3. The van der Waals surface area contributed by atoms with Crippen molar-refractivity contribution in [2.75, 3.05) is 5.32 Å². The van der Waals surface area contributed by atoms with E-state index in [1.807, 2.05) is 73.7 Å². The van der Waals surface area contributed by atoms with Crippen LogP contribution in [0.25, 0.3) is 11.8 Å². The van der Waals surface area contributed by atoms with Gasteiger partial charge in [-0.15, -0.1) is 0 Å². The number of nitrogens with one attached hydrogen (secondary N) is 2. The van der Waals surface area contributed by atoms with Crippen LogP contribution in [0.3, 0.4) is 0 Å². The van der Waals surface area contributed by atoms with Crippen molar-refractivity contribution in [3.05, 3.63) is 123 Å². The van der Waals surface area contributed by atoms with Crippen molar-refractivity contribution in [3.63, 3.8) is 0 Å². The zero-order chi connectivity index (χ0) is 27.4. The lowest BCUT2D eigenvalue weighted by Crippen LogP contribution is -2.32. The molecular formula is C31H32N4O3. The summed E-state index contributed by atoms with van der Waals surface area (Å²) in [6.07, 6.45) is 1.61. The van der Waals surface area contributed by atoms with E-state index in [0.717, 1.165) is 11.1 Å². The predicted molar refractivity (Wildman–Crippen MR) is 152 cm³/mol. The molecule has 1 heterocycles. The number of carbonyl (C=O) groups excluding carboxylic acids is 2. The molecule has 0 unspecified atom stereocenters. The first-order valence-electron chi connectivity index (χ1n) is 12.5. The molecule has 0 fully saturated rings. The van der Waals surface area contributed by atoms with Crippen LogP contribution in [0.15, 0.2) is 89.4 Å². The number of hydrogen-bond donors (Lipinski definition) is 2. The van der Waals surface area contributed by atoms with E-state index in [-0.39, 0.29) is 16.9 Å². The van der Waals surface area contributed by atoms with Gasteiger partial charge in [-0.3, -0.25) is 19.1 Å². The molecule has 0 bridgehead atoms. The SMILES string of the molecule is Cc1ccc(C(=O)N/C(=C/c2ccc(C(C)C)cc2)C(=O)Nc2c(C)n(C)n(-c3ccccc3)c2=O)cc1. The van der Waals surface area contributed by atoms with Gasteiger partial charge in [-0.05, 0) is 61.2 Å². The minimum Gasteiger partial charge on any atom is -0.317 e. The third-order valence-electron chi connectivity index (χ3n) is 6.51. The van der Waals surface area contributed by atoms with Gasteiger partial charge in [0.25, 0.3) is 17.4 Å². The summed E-state index contributed by atoms with van der Waals surface area (Å²) in [7, 11) is 1.76. The lowest BCUT2D eigenvalue weighted by atomic mass is 10.0. The van der Waals surface area contributed by atoms with Crippen LogP contribution in [-0.2, 0) is 11.8 Å². The zero-order valence-electron chi connectivity index (χ0n) is 22.3. The molecule has 0 spiro atoms. The Labute approximate surface area is 222 Å². The molecule has 3 aromatic carbocycles. The van der Waals surface area contributed by atoms with Gasteiger partial charge < -0.3 is 10.6 Å². The molecule has 0 saturated heterocycles. The summed E-state index contributed by atoms with van der Waals surface area (Å²) < 4.78 is 3.18. The number of anilines is 1. The van der Waals surface area contributed by atoms with Gasteiger partial charge in [0.15, 0.2) is 0 Å². The molecule has 194 valence electrons. The lowest BCUT2D eigenvalue weighted by molar-refractivity contribution is -0.113. The van der Waals surface area contributed by atoms with E-state index in [1.165, 1.54) is 10.2 Å². The molecule has 0 saturated carbocycles. The highest BCUT2D eigenvalue weighted by Gasteiger charge is 2.21. The van der Waals surface area contributed by atoms with Crippen LogP contribution < -0.4 is 16.2 Å². The van der Waals surface area contributed by atoms with Gasteiger partial charge in [0.1, 0.15) is 11.4 Å². The van der Waals surface area contributed by atoms with E-state index in [0.29, 0.717) is 22.9 Å². The summed E-state index contributed by atoms with van der Waals surface area (Å²) in [5.41, 5.74) is 4.42. The molecule has 1 aromatic heterocycles. The standard InChI is InChI=1S/C31H32N4O3/c1-20(2)24-17-13-23(14-18-24)19-27(32-29(36)25-15-11-21(3)12-16-25)30(37)33-28-22(4)34(5)35(31(28)38)26-9-7-6-8-10-26/h6-20H,1-5H3,(H,32,36)(H,33,37)/b27-19+. The fraction of sp³-hybridized carbons (Fsp3) is 0.194. The molecule has 0 radical (unpaired) electrons. The van der Waals surface area contributed by atoms with E-state index < -0.39 is 11.8 Å². The Hall–Kier alpha value is -4.65. The Morgan fingerprint density at radius 2 is 1.50 bits per heavy atom. The van der Waals surface area contributed by atoms with E-state index in [4.69, 9.17) is 0 Å². The van der Waals surface area contributed by atoms with Crippen molar-refractivity contribution in [2.45, 2.75) is 33.6 Å². The van der Waals surface area contributed by atoms with Gasteiger partial charge in [-0.2, -0.15) is 0 Å². The first-order valence-corrected chi connectivity index (χ1v) is 12.5. The molecule has 7 nitrogen and oxygen atoms in total. The number of rotatable bonds is 7. The number of aryl methyl sites for hydroxylation is 1. The average molecular weight is 509 g/mol. The summed E-state index contributed by atoms with van der Waals surface area (Å²) in [6.45, 7) is 7.91. The molecule has 0 aliphatic carbocycles. The fourth-order valence-corrected chi connectivity index (χ4v) is 4.09. The average Bonchev–Trinajstić information content (AvgIpc) is 3.12. The summed E-state index contributed by atoms with van der Waals surface area (Å²) in [4.78, 5) is 39.9. The second-order valence-electron chi connectivity index (χ2n) is 9.59. The third kappa shape index (κ3) is 5.67. The van der Waals surface area contributed by atoms with E-state index in [1.54, 1.807) is 36.9 Å². The maximum absolute atomic E-state index is 13.5. The van der Waals surface area contributed by atoms with Crippen molar-refractivity contribution >= 4 is 23.6 Å². The molecule has 0 aliphatic heterocycles. The first-order chi connectivity index (χ1) is 18.2. The molecule has 0 atom stereocenters. The summed E-state index contributed by atoms with van der Waals surface area (Å²) in [5, 5.41) is 5.49. The van der Waals surface area contributed by atoms with E-state index >= 15 is 0 Å². The van der Waals surface area contributed by atoms with Gasteiger partial charge in [-0.1, -0.05) is 74.0 Å². The Balaban J connectivity index is 1.69. The van der Waals surface area contributed by atoms with Gasteiger partial charge in [-0.25, -0.2) is 4.68 Å². The van der Waals surface area contributed by atoms with Crippen LogP contribution in [0.1, 0.15) is 52.5 Å². The highest BCUT2D eigenvalue weighted by atomic mass is 16.2. The van der Waals surface area contributed by atoms with Crippen LogP contribution >= 0.6 is 0 Å². The highest BCUT2D eigenvalue weighted by molar-refractivity contribution is 6.10. The first kappa shape index (κ1) is 26.4. The van der Waals surface area contributed by atoms with Crippen LogP contribution in [0.2, 0.25) is 0 Å². The number of aromatic nitrogens is 2. The lowest BCUT2D eigenvalue weighted by Gasteiger charge is -2.11. The van der Waals surface area contributed by atoms with E-state index in [9.17, 15) is 14.4 Å². The van der Waals surface area contributed by atoms with Crippen LogP contribution in [0.4, 0.5) is 5.69 Å². The van der Waals surface area contributed by atoms with Crippen molar-refractivity contribution in [2.24, 2.45) is 7.05 Å². The Morgan fingerprint density at radius 3 is 2.11 bits per heavy atom. The molecule has 4 rings (SSSR count). The second-order valence-corrected chi connectivity index (χ2v) is 9.59. The van der Waals surface area contributed by atoms with Gasteiger partial charge in [0.2, 0.25) is 0 Å². The van der Waals surface area contributed by atoms with Crippen LogP contribution in [0, 0.1) is 13.8 Å². The third-order valence-corrected chi connectivity index (χ3v) is 6.51. The quantitative estimate of drug-likeness (QED) is 0.331. The number of carbonyl (C=O) groups is 2. The number of amides is 2. The Bertz CT molecular complexity index is 1540. The van der Waals surface area contributed by atoms with Crippen molar-refractivity contribution in [1.82, 2.24) is 14.7 Å². The topological polar surface area (TPSA) is 85.1 Å². The Morgan fingerprint density at radius 1 is 0.868 bits per heavy atom. The minimum absolute atomic E-state index is 0.0294. The van der Waals surface area contributed by atoms with Crippen molar-refractivity contribution in [1.29, 1.82) is 0 Å². The molecule has 4 aromatic rings. The van der Waals surface area contributed by atoms with Crippen LogP contribution in [-0.4, -0.2) is 21.2 Å². The normalized spacial score (nSPS) is 11.5. The van der Waals surface area contributed by atoms with Gasteiger partial charge in [0, 0.05) is 12.6 Å². The van der Waals surface area contributed by atoms with Crippen molar-refractivity contribution < 1.29 is 9.59 Å². The minimum atomic E-state index is -0.593. The molecule has 0 aliphatic rings. The molecule has 2 amide bonds. The van der Waals surface area contributed by atoms with Crippen molar-refractivity contribution in [3.8, 4) is 5.69 Å². The summed E-state index contributed by atoms with van der Waals surface area (Å²) >= 11 is 0. The Kier molecular flexibility index (Phi) is 7.76. The van der Waals surface area contributed by atoms with E-state index in [2.05, 4.69) is 24.5 Å². The maximum atomic E-state index is 13.5. The molecule has 38 heavy (non-hydrogen) atoms. The number of benzene rings is 3. The number of para-hydroxylation sites is 1. The number of nitrogens with zero attached hydrogens (tertiary/aromatic N) is 2. The van der Waals surface area contributed by atoms with Crippen LogP contribution in [0.5, 0.6) is 0 Å². The predicted octanol–water partition coefficient (Wildman–Crippen LogP) is 5.33.